The number of anilines is 1. The van der Waals surface area contributed by atoms with Gasteiger partial charge in [0.15, 0.2) is 5.78 Å². The van der Waals surface area contributed by atoms with Gasteiger partial charge in [-0.05, 0) is 41.0 Å². The molecule has 0 aromatic heterocycles. The predicted molar refractivity (Wildman–Crippen MR) is 87.5 cm³/mol. The van der Waals surface area contributed by atoms with Crippen LogP contribution in [0.15, 0.2) is 66.7 Å². The Balaban J connectivity index is 1.74. The summed E-state index contributed by atoms with van der Waals surface area (Å²) in [6.07, 6.45) is 1.22. The van der Waals surface area contributed by atoms with Gasteiger partial charge in [-0.1, -0.05) is 48.5 Å². The smallest absolute Gasteiger partial charge is 0.163 e. The highest BCUT2D eigenvalue weighted by molar-refractivity contribution is 6.00. The second-order valence-corrected chi connectivity index (χ2v) is 5.23. The molecule has 0 aliphatic carbocycles. The highest BCUT2D eigenvalue weighted by Crippen LogP contribution is 2.17. The van der Waals surface area contributed by atoms with Gasteiger partial charge >= 0.3 is 0 Å². The van der Waals surface area contributed by atoms with Crippen LogP contribution in [0.3, 0.4) is 0 Å². The van der Waals surface area contributed by atoms with Crippen LogP contribution in [0.1, 0.15) is 22.3 Å². The van der Waals surface area contributed by atoms with Crippen molar-refractivity contribution in [1.82, 2.24) is 0 Å². The van der Waals surface area contributed by atoms with Gasteiger partial charge in [0.2, 0.25) is 0 Å². The normalized spacial score (nSPS) is 10.7. The van der Waals surface area contributed by atoms with Crippen molar-refractivity contribution in [2.24, 2.45) is 0 Å². The van der Waals surface area contributed by atoms with E-state index in [1.807, 2.05) is 60.7 Å². The van der Waals surface area contributed by atoms with E-state index in [2.05, 4.69) is 6.07 Å². The monoisotopic (exact) mass is 275 g/mol. The maximum absolute atomic E-state index is 12.3. The third-order valence-corrected chi connectivity index (χ3v) is 3.66. The fourth-order valence-corrected chi connectivity index (χ4v) is 2.51. The van der Waals surface area contributed by atoms with E-state index in [1.165, 1.54) is 0 Å². The number of nitrogen functional groups attached to an aromatic ring is 1. The van der Waals surface area contributed by atoms with E-state index in [1.54, 1.807) is 0 Å². The van der Waals surface area contributed by atoms with E-state index in [-0.39, 0.29) is 5.78 Å². The van der Waals surface area contributed by atoms with E-state index in [0.717, 1.165) is 34.0 Å². The van der Waals surface area contributed by atoms with Crippen LogP contribution >= 0.6 is 0 Å². The van der Waals surface area contributed by atoms with Gasteiger partial charge in [-0.2, -0.15) is 0 Å². The lowest BCUT2D eigenvalue weighted by Crippen LogP contribution is -2.01. The number of ketones is 1. The van der Waals surface area contributed by atoms with E-state index in [9.17, 15) is 4.79 Å². The molecule has 0 radical (unpaired) electrons. The van der Waals surface area contributed by atoms with Crippen LogP contribution in [-0.2, 0) is 6.42 Å². The average molecular weight is 275 g/mol. The zero-order chi connectivity index (χ0) is 14.7. The fraction of sp³-hybridized carbons (Fsp3) is 0.105. The van der Waals surface area contributed by atoms with Crippen molar-refractivity contribution in [2.45, 2.75) is 12.8 Å². The minimum atomic E-state index is 0.170. The quantitative estimate of drug-likeness (QED) is 0.571. The molecule has 0 heterocycles. The number of rotatable bonds is 4. The van der Waals surface area contributed by atoms with Gasteiger partial charge in [0.1, 0.15) is 0 Å². The lowest BCUT2D eigenvalue weighted by molar-refractivity contribution is 0.0983. The van der Waals surface area contributed by atoms with Gasteiger partial charge in [0.05, 0.1) is 0 Å². The molecule has 0 fully saturated rings. The van der Waals surface area contributed by atoms with Gasteiger partial charge in [-0.3, -0.25) is 4.79 Å². The number of hydrogen-bond donors (Lipinski definition) is 1. The molecule has 0 aliphatic rings. The number of Topliss-reactive ketones (excluding diaryl/α,β-unsaturated/α-hetero) is 1. The molecule has 0 atom stereocenters. The van der Waals surface area contributed by atoms with Gasteiger partial charge in [-0.25, -0.2) is 0 Å². The van der Waals surface area contributed by atoms with Crippen molar-refractivity contribution < 1.29 is 4.79 Å². The Morgan fingerprint density at radius 2 is 1.67 bits per heavy atom. The molecule has 0 spiro atoms. The van der Waals surface area contributed by atoms with Crippen LogP contribution in [-0.4, -0.2) is 5.78 Å². The van der Waals surface area contributed by atoms with Crippen LogP contribution in [0.4, 0.5) is 5.69 Å². The van der Waals surface area contributed by atoms with E-state index in [4.69, 9.17) is 5.73 Å². The van der Waals surface area contributed by atoms with Gasteiger partial charge in [-0.15, -0.1) is 0 Å². The van der Waals surface area contributed by atoms with Crippen LogP contribution in [0.5, 0.6) is 0 Å². The van der Waals surface area contributed by atoms with Crippen molar-refractivity contribution >= 4 is 22.2 Å². The van der Waals surface area contributed by atoms with Gasteiger partial charge < -0.3 is 5.73 Å². The van der Waals surface area contributed by atoms with Crippen LogP contribution in [0, 0.1) is 0 Å². The highest BCUT2D eigenvalue weighted by atomic mass is 16.1. The summed E-state index contributed by atoms with van der Waals surface area (Å²) in [5.74, 6) is 0.170. The summed E-state index contributed by atoms with van der Waals surface area (Å²) in [6, 6.07) is 21.7. The Bertz CT molecular complexity index is 792. The first-order valence-electron chi connectivity index (χ1n) is 7.09. The first-order valence-corrected chi connectivity index (χ1v) is 7.09. The molecule has 21 heavy (non-hydrogen) atoms. The summed E-state index contributed by atoms with van der Waals surface area (Å²) in [5, 5.41) is 2.26. The third kappa shape index (κ3) is 3.11. The zero-order valence-corrected chi connectivity index (χ0v) is 11.8. The summed E-state index contributed by atoms with van der Waals surface area (Å²) in [7, 11) is 0. The average Bonchev–Trinajstić information content (AvgIpc) is 2.52. The molecule has 3 aromatic rings. The van der Waals surface area contributed by atoms with E-state index < -0.39 is 0 Å². The molecule has 2 N–H and O–H groups in total. The number of fused-ring (bicyclic) bond motifs is 1. The number of carbonyl (C=O) groups is 1. The molecule has 0 saturated heterocycles. The molecule has 0 amide bonds. The SMILES string of the molecule is Nc1cccc(CCC(=O)c2ccc3ccccc3c2)c1. The highest BCUT2D eigenvalue weighted by Gasteiger charge is 2.07. The van der Waals surface area contributed by atoms with Crippen molar-refractivity contribution in [2.75, 3.05) is 5.73 Å². The minimum Gasteiger partial charge on any atom is -0.399 e. The molecule has 0 unspecified atom stereocenters. The molecule has 0 saturated carbocycles. The molecular weight excluding hydrogens is 258 g/mol. The molecule has 3 rings (SSSR count). The summed E-state index contributed by atoms with van der Waals surface area (Å²) in [6.45, 7) is 0. The van der Waals surface area contributed by atoms with Crippen molar-refractivity contribution in [3.05, 3.63) is 77.9 Å². The summed E-state index contributed by atoms with van der Waals surface area (Å²) in [5.41, 5.74) is 8.37. The predicted octanol–water partition coefficient (Wildman–Crippen LogP) is 4.24. The fourth-order valence-electron chi connectivity index (χ4n) is 2.51. The Labute approximate surface area is 124 Å². The van der Waals surface area contributed by atoms with Crippen molar-refractivity contribution in [3.63, 3.8) is 0 Å². The lowest BCUT2D eigenvalue weighted by Gasteiger charge is -2.04. The lowest BCUT2D eigenvalue weighted by atomic mass is 10.00. The Hall–Kier alpha value is -2.61. The molecule has 0 aliphatic heterocycles. The molecule has 104 valence electrons. The van der Waals surface area contributed by atoms with E-state index in [0.29, 0.717) is 6.42 Å². The largest absolute Gasteiger partial charge is 0.399 e. The Kier molecular flexibility index (Phi) is 3.69. The first-order chi connectivity index (χ1) is 10.2. The van der Waals surface area contributed by atoms with Gasteiger partial charge in [0.25, 0.3) is 0 Å². The number of nitrogens with two attached hydrogens (primary N) is 1. The topological polar surface area (TPSA) is 43.1 Å². The standard InChI is InChI=1S/C19H17NO/c20-18-7-3-4-14(12-18)8-11-19(21)17-10-9-15-5-1-2-6-16(15)13-17/h1-7,9-10,12-13H,8,11,20H2. The number of carbonyl (C=O) groups excluding carboxylic acids is 1. The zero-order valence-electron chi connectivity index (χ0n) is 11.8. The van der Waals surface area contributed by atoms with E-state index >= 15 is 0 Å². The molecule has 3 aromatic carbocycles. The first kappa shape index (κ1) is 13.4. The summed E-state index contributed by atoms with van der Waals surface area (Å²) < 4.78 is 0. The van der Waals surface area contributed by atoms with Crippen LogP contribution in [0.2, 0.25) is 0 Å². The number of aryl methyl sites for hydroxylation is 1. The second-order valence-electron chi connectivity index (χ2n) is 5.23. The summed E-state index contributed by atoms with van der Waals surface area (Å²) >= 11 is 0. The second kappa shape index (κ2) is 5.80. The van der Waals surface area contributed by atoms with Crippen molar-refractivity contribution in [1.29, 1.82) is 0 Å². The Morgan fingerprint density at radius 1 is 0.857 bits per heavy atom. The number of benzene rings is 3. The summed E-state index contributed by atoms with van der Waals surface area (Å²) in [4.78, 5) is 12.3. The molecule has 2 nitrogen and oxygen atoms in total. The van der Waals surface area contributed by atoms with Crippen LogP contribution in [0.25, 0.3) is 10.8 Å². The molecule has 2 heteroatoms. The Morgan fingerprint density at radius 3 is 2.48 bits per heavy atom. The maximum Gasteiger partial charge on any atom is 0.163 e. The number of hydrogen-bond acceptors (Lipinski definition) is 2. The van der Waals surface area contributed by atoms with Crippen LogP contribution < -0.4 is 5.73 Å². The third-order valence-electron chi connectivity index (χ3n) is 3.66. The molecular formula is C19H17NO. The minimum absolute atomic E-state index is 0.170. The van der Waals surface area contributed by atoms with Crippen molar-refractivity contribution in [3.8, 4) is 0 Å². The molecule has 0 bridgehead atoms. The maximum atomic E-state index is 12.3. The van der Waals surface area contributed by atoms with Gasteiger partial charge in [0, 0.05) is 17.7 Å².